The number of carbonyl (C=O) groups is 2. The van der Waals surface area contributed by atoms with Crippen LogP contribution in [0.5, 0.6) is 0 Å². The standard InChI is InChI=1S/C21H18N2O2/c24-20(16-4-2-1-3-5-16)12-15-23-19-8-6-17(7-9-19)21(25)18-10-13-22-14-11-18/h1-11,13-14,23H,12,15H2. The Hall–Kier alpha value is -3.27. The van der Waals surface area contributed by atoms with Crippen LogP contribution in [0.4, 0.5) is 5.69 Å². The summed E-state index contributed by atoms with van der Waals surface area (Å²) >= 11 is 0. The van der Waals surface area contributed by atoms with Gasteiger partial charge in [0, 0.05) is 47.7 Å². The normalized spacial score (nSPS) is 10.2. The summed E-state index contributed by atoms with van der Waals surface area (Å²) in [7, 11) is 0. The highest BCUT2D eigenvalue weighted by Gasteiger charge is 2.08. The van der Waals surface area contributed by atoms with Gasteiger partial charge in [-0.1, -0.05) is 30.3 Å². The number of carbonyl (C=O) groups excluding carboxylic acids is 2. The number of anilines is 1. The quantitative estimate of drug-likeness (QED) is 0.665. The van der Waals surface area contributed by atoms with Gasteiger partial charge in [0.1, 0.15) is 0 Å². The Balaban J connectivity index is 1.54. The summed E-state index contributed by atoms with van der Waals surface area (Å²) in [6.45, 7) is 0.547. The zero-order valence-electron chi connectivity index (χ0n) is 13.7. The smallest absolute Gasteiger partial charge is 0.193 e. The van der Waals surface area contributed by atoms with Crippen molar-refractivity contribution in [2.24, 2.45) is 0 Å². The molecule has 3 aromatic rings. The van der Waals surface area contributed by atoms with Crippen molar-refractivity contribution in [3.05, 3.63) is 95.8 Å². The number of nitrogens with one attached hydrogen (secondary N) is 1. The van der Waals surface area contributed by atoms with Crippen LogP contribution in [0, 0.1) is 0 Å². The molecule has 0 amide bonds. The molecule has 124 valence electrons. The third kappa shape index (κ3) is 4.38. The molecule has 0 saturated heterocycles. The van der Waals surface area contributed by atoms with E-state index in [0.29, 0.717) is 24.1 Å². The van der Waals surface area contributed by atoms with Crippen LogP contribution in [-0.4, -0.2) is 23.1 Å². The summed E-state index contributed by atoms with van der Waals surface area (Å²) in [5.41, 5.74) is 2.84. The van der Waals surface area contributed by atoms with E-state index in [9.17, 15) is 9.59 Å². The van der Waals surface area contributed by atoms with Crippen molar-refractivity contribution < 1.29 is 9.59 Å². The summed E-state index contributed by atoms with van der Waals surface area (Å²) in [5, 5.41) is 3.21. The molecule has 3 rings (SSSR count). The maximum absolute atomic E-state index is 12.3. The Morgan fingerprint density at radius 3 is 2.08 bits per heavy atom. The van der Waals surface area contributed by atoms with E-state index < -0.39 is 0 Å². The lowest BCUT2D eigenvalue weighted by molar-refractivity contribution is 0.0985. The van der Waals surface area contributed by atoms with E-state index in [2.05, 4.69) is 10.3 Å². The molecule has 0 aliphatic carbocycles. The van der Waals surface area contributed by atoms with Crippen LogP contribution in [0.2, 0.25) is 0 Å². The zero-order chi connectivity index (χ0) is 17.5. The number of pyridine rings is 1. The van der Waals surface area contributed by atoms with E-state index in [0.717, 1.165) is 11.3 Å². The van der Waals surface area contributed by atoms with Gasteiger partial charge in [0.25, 0.3) is 0 Å². The van der Waals surface area contributed by atoms with Gasteiger partial charge in [-0.25, -0.2) is 0 Å². The van der Waals surface area contributed by atoms with Gasteiger partial charge in [0.2, 0.25) is 0 Å². The Kier molecular flexibility index (Phi) is 5.32. The first-order valence-corrected chi connectivity index (χ1v) is 8.11. The first-order chi connectivity index (χ1) is 12.2. The minimum absolute atomic E-state index is 0.0341. The molecule has 1 heterocycles. The lowest BCUT2D eigenvalue weighted by Crippen LogP contribution is -2.09. The molecule has 0 unspecified atom stereocenters. The predicted octanol–water partition coefficient (Wildman–Crippen LogP) is 4.00. The maximum Gasteiger partial charge on any atom is 0.193 e. The van der Waals surface area contributed by atoms with E-state index in [-0.39, 0.29) is 11.6 Å². The second kappa shape index (κ2) is 8.02. The van der Waals surface area contributed by atoms with Crippen LogP contribution >= 0.6 is 0 Å². The third-order valence-corrected chi connectivity index (χ3v) is 3.87. The molecule has 2 aromatic carbocycles. The van der Waals surface area contributed by atoms with E-state index in [1.807, 2.05) is 42.5 Å². The number of benzene rings is 2. The second-order valence-corrected chi connectivity index (χ2v) is 5.61. The summed E-state index contributed by atoms with van der Waals surface area (Å²) < 4.78 is 0. The molecule has 0 radical (unpaired) electrons. The van der Waals surface area contributed by atoms with Crippen molar-refractivity contribution >= 4 is 17.3 Å². The Morgan fingerprint density at radius 2 is 1.40 bits per heavy atom. The minimum Gasteiger partial charge on any atom is -0.385 e. The summed E-state index contributed by atoms with van der Waals surface area (Å²) in [4.78, 5) is 28.3. The monoisotopic (exact) mass is 330 g/mol. The van der Waals surface area contributed by atoms with Crippen molar-refractivity contribution in [2.75, 3.05) is 11.9 Å². The maximum atomic E-state index is 12.3. The summed E-state index contributed by atoms with van der Waals surface area (Å²) in [6, 6.07) is 19.9. The molecule has 0 aliphatic heterocycles. The Labute approximate surface area is 146 Å². The van der Waals surface area contributed by atoms with Gasteiger partial charge >= 0.3 is 0 Å². The van der Waals surface area contributed by atoms with Crippen LogP contribution in [0.25, 0.3) is 0 Å². The molecule has 0 bridgehead atoms. The van der Waals surface area contributed by atoms with Crippen LogP contribution in [0.15, 0.2) is 79.1 Å². The van der Waals surface area contributed by atoms with Crippen LogP contribution < -0.4 is 5.32 Å². The number of nitrogens with zero attached hydrogens (tertiary/aromatic N) is 1. The highest BCUT2D eigenvalue weighted by Crippen LogP contribution is 2.14. The first kappa shape index (κ1) is 16.6. The van der Waals surface area contributed by atoms with Crippen molar-refractivity contribution in [3.8, 4) is 0 Å². The molecule has 1 aromatic heterocycles. The van der Waals surface area contributed by atoms with Gasteiger partial charge in [0.05, 0.1) is 0 Å². The third-order valence-electron chi connectivity index (χ3n) is 3.87. The number of hydrogen-bond donors (Lipinski definition) is 1. The molecule has 0 fully saturated rings. The molecule has 0 aliphatic rings. The molecule has 4 heteroatoms. The fraction of sp³-hybridized carbons (Fsp3) is 0.0952. The number of aromatic nitrogens is 1. The highest BCUT2D eigenvalue weighted by atomic mass is 16.1. The second-order valence-electron chi connectivity index (χ2n) is 5.61. The average molecular weight is 330 g/mol. The van der Waals surface area contributed by atoms with Crippen molar-refractivity contribution in [2.45, 2.75) is 6.42 Å². The van der Waals surface area contributed by atoms with E-state index in [4.69, 9.17) is 0 Å². The fourth-order valence-electron chi connectivity index (χ4n) is 2.50. The number of hydrogen-bond acceptors (Lipinski definition) is 4. The molecule has 25 heavy (non-hydrogen) atoms. The number of ketones is 2. The molecular weight excluding hydrogens is 312 g/mol. The molecular formula is C21H18N2O2. The van der Waals surface area contributed by atoms with E-state index in [1.54, 1.807) is 36.7 Å². The minimum atomic E-state index is -0.0341. The van der Waals surface area contributed by atoms with Gasteiger partial charge in [0.15, 0.2) is 11.6 Å². The average Bonchev–Trinajstić information content (AvgIpc) is 2.69. The van der Waals surface area contributed by atoms with Gasteiger partial charge < -0.3 is 5.32 Å². The number of rotatable bonds is 7. The largest absolute Gasteiger partial charge is 0.385 e. The van der Waals surface area contributed by atoms with Crippen LogP contribution in [0.3, 0.4) is 0 Å². The molecule has 0 saturated carbocycles. The van der Waals surface area contributed by atoms with Crippen LogP contribution in [0.1, 0.15) is 32.7 Å². The lowest BCUT2D eigenvalue weighted by atomic mass is 10.0. The first-order valence-electron chi connectivity index (χ1n) is 8.11. The summed E-state index contributed by atoms with van der Waals surface area (Å²) in [6.07, 6.45) is 3.63. The molecule has 4 nitrogen and oxygen atoms in total. The van der Waals surface area contributed by atoms with Crippen molar-refractivity contribution in [1.29, 1.82) is 0 Å². The van der Waals surface area contributed by atoms with Crippen molar-refractivity contribution in [3.63, 3.8) is 0 Å². The SMILES string of the molecule is O=C(CCNc1ccc(C(=O)c2ccncc2)cc1)c1ccccc1. The van der Waals surface area contributed by atoms with E-state index in [1.165, 1.54) is 0 Å². The van der Waals surface area contributed by atoms with Crippen LogP contribution in [-0.2, 0) is 0 Å². The fourth-order valence-corrected chi connectivity index (χ4v) is 2.50. The van der Waals surface area contributed by atoms with Gasteiger partial charge in [-0.05, 0) is 36.4 Å². The lowest BCUT2D eigenvalue weighted by Gasteiger charge is -2.07. The van der Waals surface area contributed by atoms with Crippen molar-refractivity contribution in [1.82, 2.24) is 4.98 Å². The number of Topliss-reactive ketones (excluding diaryl/α,β-unsaturated/α-hetero) is 1. The van der Waals surface area contributed by atoms with Gasteiger partial charge in [-0.3, -0.25) is 14.6 Å². The highest BCUT2D eigenvalue weighted by molar-refractivity contribution is 6.09. The predicted molar refractivity (Wildman–Crippen MR) is 98.0 cm³/mol. The molecule has 0 atom stereocenters. The van der Waals surface area contributed by atoms with E-state index >= 15 is 0 Å². The van der Waals surface area contributed by atoms with Gasteiger partial charge in [-0.2, -0.15) is 0 Å². The molecule has 1 N–H and O–H groups in total. The zero-order valence-corrected chi connectivity index (χ0v) is 13.7. The Bertz CT molecular complexity index is 844. The summed E-state index contributed by atoms with van der Waals surface area (Å²) in [5.74, 6) is 0.0748. The topological polar surface area (TPSA) is 59.1 Å². The molecule has 0 spiro atoms. The Morgan fingerprint density at radius 1 is 0.760 bits per heavy atom. The van der Waals surface area contributed by atoms with Gasteiger partial charge in [-0.15, -0.1) is 0 Å².